The fraction of sp³-hybridized carbons (Fsp3) is 0. The summed E-state index contributed by atoms with van der Waals surface area (Å²) in [5.41, 5.74) is 0. The van der Waals surface area contributed by atoms with E-state index in [-0.39, 0.29) is 154 Å². The molecule has 0 fully saturated rings. The van der Waals surface area contributed by atoms with Crippen molar-refractivity contribution in [3.05, 3.63) is 0 Å². The Kier molecular flexibility index (Phi) is 989. The summed E-state index contributed by atoms with van der Waals surface area (Å²) >= 11 is 0. The van der Waals surface area contributed by atoms with E-state index in [1.807, 2.05) is 0 Å². The van der Waals surface area contributed by atoms with Gasteiger partial charge in [-0.3, -0.25) is 0 Å². The molecule has 9 heavy (non-hydrogen) atoms. The summed E-state index contributed by atoms with van der Waals surface area (Å²) in [5, 5.41) is 0. The minimum Gasteiger partial charge on any atom is -1.00 e. The van der Waals surface area contributed by atoms with Crippen molar-refractivity contribution in [1.29, 1.82) is 0 Å². The maximum absolute atomic E-state index is 0. The fourth-order valence-corrected chi connectivity index (χ4v) is 0. The van der Waals surface area contributed by atoms with Crippen LogP contribution in [0.3, 0.4) is 0 Å². The smallest absolute Gasteiger partial charge is 1.00 e. The molecule has 0 saturated heterocycles. The van der Waals surface area contributed by atoms with E-state index < -0.39 is 0 Å². The van der Waals surface area contributed by atoms with E-state index in [2.05, 4.69) is 0 Å². The van der Waals surface area contributed by atoms with Crippen molar-refractivity contribution < 1.29 is 154 Å². The Morgan fingerprint density at radius 3 is 0.333 bits per heavy atom. The number of rotatable bonds is 0. The van der Waals surface area contributed by atoms with Gasteiger partial charge in [-0.2, -0.15) is 0 Å². The van der Waals surface area contributed by atoms with Crippen molar-refractivity contribution in [2.75, 3.05) is 0 Å². The van der Waals surface area contributed by atoms with Crippen molar-refractivity contribution in [2.45, 2.75) is 0 Å². The summed E-state index contributed by atoms with van der Waals surface area (Å²) < 4.78 is 0. The molecule has 0 rings (SSSR count). The second kappa shape index (κ2) is 83.4. The molecule has 0 nitrogen and oxygen atoms in total. The maximum Gasteiger partial charge on any atom is 3.00 e. The van der Waals surface area contributed by atoms with Crippen LogP contribution in [0.5, 0.6) is 0 Å². The van der Waals surface area contributed by atoms with Gasteiger partial charge in [-0.25, -0.2) is 0 Å². The van der Waals surface area contributed by atoms with E-state index in [0.29, 0.717) is 0 Å². The van der Waals surface area contributed by atoms with E-state index in [4.69, 9.17) is 0 Å². The van der Waals surface area contributed by atoms with Gasteiger partial charge in [0.25, 0.3) is 0 Å². The van der Waals surface area contributed by atoms with Gasteiger partial charge < -0.3 is 74.4 Å². The third kappa shape index (κ3) is 69.4. The monoisotopic (exact) mass is 449 g/mol. The zero-order valence-corrected chi connectivity index (χ0v) is 15.5. The topological polar surface area (TPSA) is 0 Å². The molecule has 0 spiro atoms. The predicted octanol–water partition coefficient (Wildman–Crippen LogP) is -24.0. The fourth-order valence-electron chi connectivity index (χ4n) is 0. The molecule has 0 aromatic heterocycles. The molecule has 0 atom stereocenters. The first-order valence-corrected chi connectivity index (χ1v) is 0. The first kappa shape index (κ1) is 107. The number of hydrogen-bond acceptors (Lipinski definition) is 0. The molecule has 9 heteroatoms. The molecule has 0 saturated carbocycles. The Hall–Kier alpha value is 4.39. The SMILES string of the molecule is [Cl-].[Cl-].[Cl-].[Cl-].[Cl-].[Cl-].[Ir+3].[Na+].[Na+]. The van der Waals surface area contributed by atoms with Crippen molar-refractivity contribution in [1.82, 2.24) is 0 Å². The molecular formula is Cl6IrNa2-. The Bertz CT molecular complexity index is 11.0. The molecule has 54 valence electrons. The van der Waals surface area contributed by atoms with Gasteiger partial charge in [0.15, 0.2) is 0 Å². The van der Waals surface area contributed by atoms with Crippen molar-refractivity contribution in [3.63, 3.8) is 0 Å². The maximum atomic E-state index is 0. The largest absolute Gasteiger partial charge is 3.00 e. The molecule has 0 aliphatic rings. The Morgan fingerprint density at radius 2 is 0.333 bits per heavy atom. The van der Waals surface area contributed by atoms with E-state index in [1.165, 1.54) is 0 Å². The summed E-state index contributed by atoms with van der Waals surface area (Å²) in [6, 6.07) is 0. The van der Waals surface area contributed by atoms with Gasteiger partial charge in [0.1, 0.15) is 0 Å². The second-order valence-corrected chi connectivity index (χ2v) is 0. The number of hydrogen-bond donors (Lipinski definition) is 0. The minimum absolute atomic E-state index is 0. The normalized spacial score (nSPS) is 0. The third-order valence-corrected chi connectivity index (χ3v) is 0. The van der Waals surface area contributed by atoms with Crippen LogP contribution in [-0.2, 0) is 20.1 Å². The molecule has 0 heterocycles. The van der Waals surface area contributed by atoms with Gasteiger partial charge >= 0.3 is 79.2 Å². The molecular weight excluding hydrogens is 451 g/mol. The third-order valence-electron chi connectivity index (χ3n) is 0. The molecule has 0 radical (unpaired) electrons. The molecule has 0 aromatic carbocycles. The quantitative estimate of drug-likeness (QED) is 0.322. The molecule has 0 aliphatic heterocycles. The zero-order valence-electron chi connectivity index (χ0n) is 4.60. The standard InChI is InChI=1S/6ClH.Ir.2Na/h6*1H;;;/q;;;;;;+3;2*+1/p-6. The molecule has 0 aliphatic carbocycles. The first-order chi connectivity index (χ1) is 0. The molecule has 0 unspecified atom stereocenters. The average Bonchev–Trinajstić information content (AvgIpc) is 0. The summed E-state index contributed by atoms with van der Waals surface area (Å²) in [5.74, 6) is 0. The van der Waals surface area contributed by atoms with E-state index in [9.17, 15) is 0 Å². The van der Waals surface area contributed by atoms with E-state index in [1.54, 1.807) is 0 Å². The second-order valence-electron chi connectivity index (χ2n) is 0. The van der Waals surface area contributed by atoms with Gasteiger partial charge in [0.2, 0.25) is 0 Å². The molecule has 0 amide bonds. The van der Waals surface area contributed by atoms with Crippen LogP contribution in [0.25, 0.3) is 0 Å². The zero-order chi connectivity index (χ0) is 0. The van der Waals surface area contributed by atoms with E-state index in [0.717, 1.165) is 0 Å². The van der Waals surface area contributed by atoms with Crippen molar-refractivity contribution >= 4 is 0 Å². The van der Waals surface area contributed by atoms with E-state index >= 15 is 0 Å². The van der Waals surface area contributed by atoms with Crippen LogP contribution in [0.4, 0.5) is 0 Å². The summed E-state index contributed by atoms with van der Waals surface area (Å²) in [6.45, 7) is 0. The van der Waals surface area contributed by atoms with Gasteiger partial charge in [0, 0.05) is 0 Å². The molecule has 0 N–H and O–H groups in total. The minimum atomic E-state index is 0. The first-order valence-electron chi connectivity index (χ1n) is 0. The molecule has 0 aromatic rings. The summed E-state index contributed by atoms with van der Waals surface area (Å²) in [6.07, 6.45) is 0. The average molecular weight is 451 g/mol. The Labute approximate surface area is 151 Å². The van der Waals surface area contributed by atoms with Crippen LogP contribution >= 0.6 is 0 Å². The van der Waals surface area contributed by atoms with Crippen LogP contribution < -0.4 is 134 Å². The van der Waals surface area contributed by atoms with Crippen LogP contribution in [0, 0.1) is 0 Å². The summed E-state index contributed by atoms with van der Waals surface area (Å²) in [7, 11) is 0. The van der Waals surface area contributed by atoms with Gasteiger partial charge in [0.05, 0.1) is 0 Å². The van der Waals surface area contributed by atoms with Gasteiger partial charge in [-0.15, -0.1) is 0 Å². The number of halogens is 6. The van der Waals surface area contributed by atoms with Crippen molar-refractivity contribution in [3.8, 4) is 0 Å². The van der Waals surface area contributed by atoms with Crippen LogP contribution in [-0.4, -0.2) is 0 Å². The molecule has 0 bridgehead atoms. The predicted molar refractivity (Wildman–Crippen MR) is 0 cm³/mol. The Morgan fingerprint density at radius 1 is 0.333 bits per heavy atom. The van der Waals surface area contributed by atoms with Gasteiger partial charge in [-0.05, 0) is 0 Å². The Balaban J connectivity index is 0. The van der Waals surface area contributed by atoms with Crippen molar-refractivity contribution in [2.24, 2.45) is 0 Å². The summed E-state index contributed by atoms with van der Waals surface area (Å²) in [4.78, 5) is 0. The van der Waals surface area contributed by atoms with Crippen LogP contribution in [0.2, 0.25) is 0 Å². The van der Waals surface area contributed by atoms with Crippen LogP contribution in [0.1, 0.15) is 0 Å². The van der Waals surface area contributed by atoms with Crippen LogP contribution in [0.15, 0.2) is 0 Å². The van der Waals surface area contributed by atoms with Gasteiger partial charge in [-0.1, -0.05) is 0 Å².